The Bertz CT molecular complexity index is 766. The van der Waals surface area contributed by atoms with E-state index in [1.165, 1.54) is 18.4 Å². The molecule has 0 aliphatic carbocycles. The van der Waals surface area contributed by atoms with Gasteiger partial charge in [-0.3, -0.25) is 14.8 Å². The van der Waals surface area contributed by atoms with Crippen LogP contribution in [0.15, 0.2) is 11.4 Å². The lowest BCUT2D eigenvalue weighted by atomic mass is 10.2. The molecule has 0 N–H and O–H groups in total. The molecule has 0 saturated heterocycles. The van der Waals surface area contributed by atoms with Crippen LogP contribution in [0, 0.1) is 17.0 Å². The third-order valence-electron chi connectivity index (χ3n) is 3.06. The highest BCUT2D eigenvalue weighted by atomic mass is 32.1. The predicted octanol–water partition coefficient (Wildman–Crippen LogP) is 3.01. The fraction of sp³-hybridized carbons (Fsp3) is 0.333. The van der Waals surface area contributed by atoms with Crippen molar-refractivity contribution in [3.8, 4) is 0 Å². The predicted molar refractivity (Wildman–Crippen MR) is 73.4 cm³/mol. The second kappa shape index (κ2) is 5.99. The lowest BCUT2D eigenvalue weighted by Gasteiger charge is -2.08. The lowest BCUT2D eigenvalue weighted by molar-refractivity contribution is -0.385. The number of carbonyl (C=O) groups excluding carboxylic acids is 1. The zero-order chi connectivity index (χ0) is 17.4. The molecule has 0 aromatic carbocycles. The zero-order valence-corrected chi connectivity index (χ0v) is 12.7. The van der Waals surface area contributed by atoms with Crippen LogP contribution in [0.4, 0.5) is 18.9 Å². The molecule has 0 unspecified atom stereocenters. The van der Waals surface area contributed by atoms with E-state index < -0.39 is 33.3 Å². The van der Waals surface area contributed by atoms with Crippen LogP contribution in [0.2, 0.25) is 0 Å². The van der Waals surface area contributed by atoms with E-state index in [9.17, 15) is 28.1 Å². The third kappa shape index (κ3) is 3.18. The average Bonchev–Trinajstić information content (AvgIpc) is 3.03. The van der Waals surface area contributed by atoms with Gasteiger partial charge in [0.25, 0.3) is 0 Å². The Kier molecular flexibility index (Phi) is 4.41. The van der Waals surface area contributed by atoms with Crippen molar-refractivity contribution in [2.75, 3.05) is 7.11 Å². The van der Waals surface area contributed by atoms with Crippen molar-refractivity contribution < 1.29 is 27.6 Å². The summed E-state index contributed by atoms with van der Waals surface area (Å²) in [6, 6.07) is 1.26. The molecule has 2 rings (SSSR count). The number of nitrogens with zero attached hydrogens (tertiary/aromatic N) is 3. The first-order chi connectivity index (χ1) is 10.7. The molecule has 2 aromatic rings. The van der Waals surface area contributed by atoms with E-state index >= 15 is 0 Å². The number of carbonyl (C=O) groups is 1. The number of hydrogen-bond acceptors (Lipinski definition) is 6. The number of nitro groups is 1. The lowest BCUT2D eigenvalue weighted by Crippen LogP contribution is -2.11. The largest absolute Gasteiger partial charge is 0.464 e. The third-order valence-corrected chi connectivity index (χ3v) is 4.06. The van der Waals surface area contributed by atoms with Crippen molar-refractivity contribution in [3.05, 3.63) is 43.4 Å². The van der Waals surface area contributed by atoms with Crippen molar-refractivity contribution in [2.45, 2.75) is 19.6 Å². The van der Waals surface area contributed by atoms with Crippen LogP contribution in [0.25, 0.3) is 0 Å². The van der Waals surface area contributed by atoms with Gasteiger partial charge in [0.15, 0.2) is 0 Å². The van der Waals surface area contributed by atoms with Crippen LogP contribution in [0.5, 0.6) is 0 Å². The summed E-state index contributed by atoms with van der Waals surface area (Å²) in [6.45, 7) is 0.958. The smallest absolute Gasteiger partial charge is 0.425 e. The summed E-state index contributed by atoms with van der Waals surface area (Å²) in [4.78, 5) is 21.0. The molecule has 2 heterocycles. The van der Waals surface area contributed by atoms with Crippen molar-refractivity contribution >= 4 is 23.0 Å². The van der Waals surface area contributed by atoms with Gasteiger partial charge in [0.05, 0.1) is 18.6 Å². The molecule has 2 aromatic heterocycles. The van der Waals surface area contributed by atoms with Crippen LogP contribution in [0.3, 0.4) is 0 Å². The Morgan fingerprint density at radius 3 is 2.70 bits per heavy atom. The number of hydrogen-bond donors (Lipinski definition) is 0. The van der Waals surface area contributed by atoms with Crippen LogP contribution in [0.1, 0.15) is 26.6 Å². The van der Waals surface area contributed by atoms with Crippen molar-refractivity contribution in [2.24, 2.45) is 0 Å². The summed E-state index contributed by atoms with van der Waals surface area (Å²) >= 11 is 0.518. The van der Waals surface area contributed by atoms with Crippen molar-refractivity contribution in [1.29, 1.82) is 0 Å². The van der Waals surface area contributed by atoms with Gasteiger partial charge in [-0.1, -0.05) is 0 Å². The first-order valence-corrected chi connectivity index (χ1v) is 6.98. The molecule has 0 aliphatic rings. The summed E-state index contributed by atoms with van der Waals surface area (Å²) in [5.41, 5.74) is -1.24. The highest BCUT2D eigenvalue weighted by Gasteiger charge is 2.36. The number of rotatable bonds is 4. The molecule has 7 nitrogen and oxygen atoms in total. The minimum atomic E-state index is -4.53. The summed E-state index contributed by atoms with van der Waals surface area (Å²) < 4.78 is 44.0. The molecule has 0 aliphatic heterocycles. The average molecular weight is 349 g/mol. The molecular weight excluding hydrogens is 339 g/mol. The Labute approximate surface area is 131 Å². The molecular formula is C12H10F3N3O4S. The fourth-order valence-corrected chi connectivity index (χ4v) is 2.80. The van der Waals surface area contributed by atoms with Gasteiger partial charge < -0.3 is 4.74 Å². The van der Waals surface area contributed by atoms with E-state index in [1.54, 1.807) is 0 Å². The Morgan fingerprint density at radius 1 is 1.52 bits per heavy atom. The van der Waals surface area contributed by atoms with Crippen molar-refractivity contribution in [3.63, 3.8) is 0 Å². The van der Waals surface area contributed by atoms with E-state index in [1.807, 2.05) is 0 Å². The normalized spacial score (nSPS) is 11.5. The minimum Gasteiger partial charge on any atom is -0.464 e. The van der Waals surface area contributed by atoms with Gasteiger partial charge in [-0.05, 0) is 23.9 Å². The molecule has 0 bridgehead atoms. The summed E-state index contributed by atoms with van der Waals surface area (Å²) in [6.07, 6.45) is -4.53. The SMILES string of the molecule is COC(=O)c1nn(Cc2ccsc2C(F)(F)F)c(C)c1[N+](=O)[O-]. The van der Waals surface area contributed by atoms with E-state index in [4.69, 9.17) is 0 Å². The number of thiophene rings is 1. The van der Waals surface area contributed by atoms with Crippen LogP contribution >= 0.6 is 11.3 Å². The van der Waals surface area contributed by atoms with Crippen LogP contribution in [-0.4, -0.2) is 27.8 Å². The second-order valence-corrected chi connectivity index (χ2v) is 5.38. The maximum Gasteiger partial charge on any atom is 0.425 e. The molecule has 124 valence electrons. The molecule has 11 heteroatoms. The monoisotopic (exact) mass is 349 g/mol. The van der Waals surface area contributed by atoms with Gasteiger partial charge in [0, 0.05) is 0 Å². The first kappa shape index (κ1) is 16.9. The number of methoxy groups -OCH3 is 1. The molecule has 23 heavy (non-hydrogen) atoms. The van der Waals surface area contributed by atoms with E-state index in [-0.39, 0.29) is 17.8 Å². The first-order valence-electron chi connectivity index (χ1n) is 6.10. The molecule has 0 spiro atoms. The highest BCUT2D eigenvalue weighted by Crippen LogP contribution is 2.36. The second-order valence-electron chi connectivity index (χ2n) is 4.46. The van der Waals surface area contributed by atoms with Crippen molar-refractivity contribution in [1.82, 2.24) is 9.78 Å². The van der Waals surface area contributed by atoms with Gasteiger partial charge in [0.1, 0.15) is 10.6 Å². The Hall–Kier alpha value is -2.43. The van der Waals surface area contributed by atoms with Gasteiger partial charge in [0.2, 0.25) is 5.69 Å². The van der Waals surface area contributed by atoms with Gasteiger partial charge in [-0.2, -0.15) is 18.3 Å². The number of ether oxygens (including phenoxy) is 1. The molecule has 0 fully saturated rings. The highest BCUT2D eigenvalue weighted by molar-refractivity contribution is 7.10. The molecule has 0 amide bonds. The summed E-state index contributed by atoms with van der Waals surface area (Å²) in [5.74, 6) is -1.03. The van der Waals surface area contributed by atoms with Gasteiger partial charge in [-0.15, -0.1) is 11.3 Å². The maximum atomic E-state index is 12.9. The Morgan fingerprint density at radius 2 is 2.17 bits per heavy atom. The minimum absolute atomic E-state index is 0.0327. The molecule has 0 atom stereocenters. The van der Waals surface area contributed by atoms with E-state index in [0.717, 1.165) is 11.8 Å². The van der Waals surface area contributed by atoms with Gasteiger partial charge >= 0.3 is 17.8 Å². The summed E-state index contributed by atoms with van der Waals surface area (Å²) in [7, 11) is 1.03. The van der Waals surface area contributed by atoms with Crippen LogP contribution in [-0.2, 0) is 17.5 Å². The number of alkyl halides is 3. The molecule has 0 saturated carbocycles. The van der Waals surface area contributed by atoms with E-state index in [0.29, 0.717) is 11.3 Å². The number of esters is 1. The Balaban J connectivity index is 2.48. The van der Waals surface area contributed by atoms with Crippen LogP contribution < -0.4 is 0 Å². The van der Waals surface area contributed by atoms with Gasteiger partial charge in [-0.25, -0.2) is 4.79 Å². The quantitative estimate of drug-likeness (QED) is 0.481. The standard InChI is InChI=1S/C12H10F3N3O4S/c1-6-9(18(20)21)8(11(19)22-2)16-17(6)5-7-3-4-23-10(7)12(13,14)15/h3-4H,5H2,1-2H3. The fourth-order valence-electron chi connectivity index (χ4n) is 2.01. The summed E-state index contributed by atoms with van der Waals surface area (Å²) in [5, 5.41) is 16.1. The van der Waals surface area contributed by atoms with E-state index in [2.05, 4.69) is 9.84 Å². The maximum absolute atomic E-state index is 12.9. The topological polar surface area (TPSA) is 87.3 Å². The zero-order valence-electron chi connectivity index (χ0n) is 11.9. The number of halogens is 3. The number of aromatic nitrogens is 2. The molecule has 0 radical (unpaired) electrons.